The molecule has 0 aliphatic heterocycles. The summed E-state index contributed by atoms with van der Waals surface area (Å²) in [5.41, 5.74) is 1.25. The first kappa shape index (κ1) is 15.0. The Balaban J connectivity index is 2.45. The summed E-state index contributed by atoms with van der Waals surface area (Å²) in [4.78, 5) is 0. The molecule has 0 heterocycles. The second-order valence-electron chi connectivity index (χ2n) is 5.66. The second-order valence-corrected chi connectivity index (χ2v) is 5.66. The van der Waals surface area contributed by atoms with Gasteiger partial charge in [0.15, 0.2) is 0 Å². The van der Waals surface area contributed by atoms with E-state index in [1.807, 2.05) is 6.07 Å². The summed E-state index contributed by atoms with van der Waals surface area (Å²) in [5, 5.41) is 3.46. The summed E-state index contributed by atoms with van der Waals surface area (Å²) >= 11 is 0. The van der Waals surface area contributed by atoms with E-state index in [9.17, 15) is 0 Å². The first-order chi connectivity index (χ1) is 8.59. The fraction of sp³-hybridized carbons (Fsp3) is 0.625. The summed E-state index contributed by atoms with van der Waals surface area (Å²) in [6.45, 7) is 11.6. The first-order valence-corrected chi connectivity index (χ1v) is 7.01. The maximum Gasteiger partial charge on any atom is 0.123 e. The molecule has 1 aromatic carbocycles. The number of rotatable bonds is 8. The summed E-state index contributed by atoms with van der Waals surface area (Å²) < 4.78 is 5.87. The third-order valence-electron chi connectivity index (χ3n) is 2.79. The fourth-order valence-corrected chi connectivity index (χ4v) is 1.69. The van der Waals surface area contributed by atoms with Crippen LogP contribution in [0.1, 0.15) is 39.7 Å². The Labute approximate surface area is 112 Å². The van der Waals surface area contributed by atoms with E-state index in [0.29, 0.717) is 11.8 Å². The van der Waals surface area contributed by atoms with Crippen LogP contribution in [0.2, 0.25) is 0 Å². The van der Waals surface area contributed by atoms with E-state index in [4.69, 9.17) is 4.74 Å². The van der Waals surface area contributed by atoms with E-state index in [1.54, 1.807) is 0 Å². The minimum absolute atomic E-state index is 0.680. The molecule has 102 valence electrons. The average molecular weight is 249 g/mol. The zero-order valence-electron chi connectivity index (χ0n) is 12.2. The minimum Gasteiger partial charge on any atom is -0.493 e. The Kier molecular flexibility index (Phi) is 6.81. The minimum atomic E-state index is 0.680. The van der Waals surface area contributed by atoms with E-state index in [1.165, 1.54) is 5.56 Å². The smallest absolute Gasteiger partial charge is 0.123 e. The fourth-order valence-electron chi connectivity index (χ4n) is 1.69. The molecule has 0 spiro atoms. The number of hydrogen-bond acceptors (Lipinski definition) is 2. The van der Waals surface area contributed by atoms with Gasteiger partial charge in [-0.15, -0.1) is 0 Å². The molecule has 0 radical (unpaired) electrons. The van der Waals surface area contributed by atoms with E-state index >= 15 is 0 Å². The molecule has 0 unspecified atom stereocenters. The van der Waals surface area contributed by atoms with Crippen molar-refractivity contribution >= 4 is 0 Å². The predicted octanol–water partition coefficient (Wildman–Crippen LogP) is 3.86. The summed E-state index contributed by atoms with van der Waals surface area (Å²) in [6, 6.07) is 8.31. The quantitative estimate of drug-likeness (QED) is 0.755. The summed E-state index contributed by atoms with van der Waals surface area (Å²) in [6.07, 6.45) is 1.10. The normalized spacial score (nSPS) is 11.2. The zero-order valence-corrected chi connectivity index (χ0v) is 12.2. The van der Waals surface area contributed by atoms with Gasteiger partial charge in [-0.3, -0.25) is 0 Å². The van der Waals surface area contributed by atoms with Crippen LogP contribution < -0.4 is 10.1 Å². The van der Waals surface area contributed by atoms with Crippen molar-refractivity contribution in [1.29, 1.82) is 0 Å². The standard InChI is InChI=1S/C16H27NO/c1-13(2)9-10-18-16-8-6-5-7-15(16)12-17-11-14(3)4/h5-8,13-14,17H,9-12H2,1-4H3. The van der Waals surface area contributed by atoms with Crippen molar-refractivity contribution in [3.8, 4) is 5.75 Å². The highest BCUT2D eigenvalue weighted by Crippen LogP contribution is 2.18. The first-order valence-electron chi connectivity index (χ1n) is 7.01. The molecule has 2 heteroatoms. The van der Waals surface area contributed by atoms with Crippen LogP contribution in [0.5, 0.6) is 5.75 Å². The predicted molar refractivity (Wildman–Crippen MR) is 77.9 cm³/mol. The highest BCUT2D eigenvalue weighted by molar-refractivity contribution is 5.33. The van der Waals surface area contributed by atoms with Crippen molar-refractivity contribution in [3.05, 3.63) is 29.8 Å². The van der Waals surface area contributed by atoms with Crippen LogP contribution in [-0.4, -0.2) is 13.2 Å². The Morgan fingerprint density at radius 2 is 1.78 bits per heavy atom. The molecule has 0 atom stereocenters. The van der Waals surface area contributed by atoms with Crippen molar-refractivity contribution in [2.75, 3.05) is 13.2 Å². The van der Waals surface area contributed by atoms with Gasteiger partial charge in [-0.25, -0.2) is 0 Å². The largest absolute Gasteiger partial charge is 0.493 e. The van der Waals surface area contributed by atoms with Gasteiger partial charge in [-0.2, -0.15) is 0 Å². The van der Waals surface area contributed by atoms with E-state index in [-0.39, 0.29) is 0 Å². The Bertz CT molecular complexity index is 301. The van der Waals surface area contributed by atoms with Gasteiger partial charge >= 0.3 is 0 Å². The molecule has 0 aliphatic carbocycles. The van der Waals surface area contributed by atoms with Crippen LogP contribution in [0.15, 0.2) is 24.3 Å². The Hall–Kier alpha value is -1.02. The summed E-state index contributed by atoms with van der Waals surface area (Å²) in [7, 11) is 0. The summed E-state index contributed by atoms with van der Waals surface area (Å²) in [5.74, 6) is 2.39. The number of benzene rings is 1. The molecule has 0 aromatic heterocycles. The molecule has 0 aliphatic rings. The lowest BCUT2D eigenvalue weighted by Crippen LogP contribution is -2.19. The highest BCUT2D eigenvalue weighted by Gasteiger charge is 2.03. The topological polar surface area (TPSA) is 21.3 Å². The zero-order chi connectivity index (χ0) is 13.4. The van der Waals surface area contributed by atoms with Gasteiger partial charge < -0.3 is 10.1 Å². The molecule has 1 aromatic rings. The van der Waals surface area contributed by atoms with E-state index in [0.717, 1.165) is 31.9 Å². The number of hydrogen-bond donors (Lipinski definition) is 1. The van der Waals surface area contributed by atoms with Crippen molar-refractivity contribution in [3.63, 3.8) is 0 Å². The van der Waals surface area contributed by atoms with Gasteiger partial charge in [-0.05, 0) is 30.9 Å². The van der Waals surface area contributed by atoms with Gasteiger partial charge in [-0.1, -0.05) is 45.9 Å². The highest BCUT2D eigenvalue weighted by atomic mass is 16.5. The van der Waals surface area contributed by atoms with Gasteiger partial charge in [0.1, 0.15) is 5.75 Å². The molecule has 1 N–H and O–H groups in total. The molecular formula is C16H27NO. The van der Waals surface area contributed by atoms with Gasteiger partial charge in [0.05, 0.1) is 6.61 Å². The lowest BCUT2D eigenvalue weighted by Gasteiger charge is -2.13. The van der Waals surface area contributed by atoms with E-state index in [2.05, 4.69) is 51.2 Å². The molecular weight excluding hydrogens is 222 g/mol. The van der Waals surface area contributed by atoms with E-state index < -0.39 is 0 Å². The lowest BCUT2D eigenvalue weighted by atomic mass is 10.1. The van der Waals surface area contributed by atoms with Crippen LogP contribution in [0.25, 0.3) is 0 Å². The molecule has 2 nitrogen and oxygen atoms in total. The van der Waals surface area contributed by atoms with Crippen molar-refractivity contribution in [2.24, 2.45) is 11.8 Å². The van der Waals surface area contributed by atoms with Gasteiger partial charge in [0.25, 0.3) is 0 Å². The monoisotopic (exact) mass is 249 g/mol. The Morgan fingerprint density at radius 1 is 1.06 bits per heavy atom. The van der Waals surface area contributed by atoms with Crippen molar-refractivity contribution in [1.82, 2.24) is 5.32 Å². The second kappa shape index (κ2) is 8.15. The van der Waals surface area contributed by atoms with Crippen LogP contribution in [-0.2, 0) is 6.54 Å². The third kappa shape index (κ3) is 6.06. The average Bonchev–Trinajstić information content (AvgIpc) is 2.30. The van der Waals surface area contributed by atoms with Crippen LogP contribution >= 0.6 is 0 Å². The van der Waals surface area contributed by atoms with Crippen LogP contribution in [0, 0.1) is 11.8 Å². The number of nitrogens with one attached hydrogen (secondary N) is 1. The molecule has 0 fully saturated rings. The van der Waals surface area contributed by atoms with Crippen LogP contribution in [0.4, 0.5) is 0 Å². The number of ether oxygens (including phenoxy) is 1. The van der Waals surface area contributed by atoms with Gasteiger partial charge in [0.2, 0.25) is 0 Å². The molecule has 0 amide bonds. The lowest BCUT2D eigenvalue weighted by molar-refractivity contribution is 0.286. The third-order valence-corrected chi connectivity index (χ3v) is 2.79. The molecule has 0 saturated carbocycles. The molecule has 0 bridgehead atoms. The molecule has 18 heavy (non-hydrogen) atoms. The van der Waals surface area contributed by atoms with Crippen molar-refractivity contribution in [2.45, 2.75) is 40.7 Å². The van der Waals surface area contributed by atoms with Crippen molar-refractivity contribution < 1.29 is 4.74 Å². The SMILES string of the molecule is CC(C)CCOc1ccccc1CNCC(C)C. The molecule has 1 rings (SSSR count). The number of para-hydroxylation sites is 1. The molecule has 0 saturated heterocycles. The van der Waals surface area contributed by atoms with Crippen LogP contribution in [0.3, 0.4) is 0 Å². The maximum absolute atomic E-state index is 5.87. The Morgan fingerprint density at radius 3 is 2.44 bits per heavy atom. The van der Waals surface area contributed by atoms with Gasteiger partial charge in [0, 0.05) is 12.1 Å². The maximum atomic E-state index is 5.87.